The maximum atomic E-state index is 10.4. The van der Waals surface area contributed by atoms with E-state index in [1.165, 1.54) is 0 Å². The first kappa shape index (κ1) is 9.25. The zero-order chi connectivity index (χ0) is 9.68. The van der Waals surface area contributed by atoms with Gasteiger partial charge in [0.2, 0.25) is 5.91 Å². The lowest BCUT2D eigenvalue weighted by Gasteiger charge is -1.96. The smallest absolute Gasteiger partial charge is 0.221 e. The first-order valence-electron chi connectivity index (χ1n) is 3.84. The van der Waals surface area contributed by atoms with Crippen molar-refractivity contribution in [3.8, 4) is 0 Å². The number of carbonyl (C=O) groups is 1. The number of hydrogen-bond acceptors (Lipinski definition) is 3. The number of nitrogens with zero attached hydrogens (tertiary/aromatic N) is 1. The average Bonchev–Trinajstić information content (AvgIpc) is 2.08. The van der Waals surface area contributed by atoms with Crippen molar-refractivity contribution in [3.63, 3.8) is 0 Å². The number of carbonyl (C=O) groups excluding carboxylic acids is 1. The molecule has 1 aromatic heterocycles. The van der Waals surface area contributed by atoms with Gasteiger partial charge < -0.3 is 11.5 Å². The standard InChI is InChI=1S/C9H11N3O/c10-8-4-5-12-6-7(8)2-1-3-9(11)13/h1-2,4-6H,3H2,(H2,10,12)(H2,11,13). The van der Waals surface area contributed by atoms with E-state index in [1.807, 2.05) is 0 Å². The summed E-state index contributed by atoms with van der Waals surface area (Å²) in [5, 5.41) is 0. The minimum Gasteiger partial charge on any atom is -0.398 e. The molecule has 1 rings (SSSR count). The molecule has 0 fully saturated rings. The summed E-state index contributed by atoms with van der Waals surface area (Å²) in [7, 11) is 0. The second-order valence-electron chi connectivity index (χ2n) is 2.58. The topological polar surface area (TPSA) is 82.0 Å². The highest BCUT2D eigenvalue weighted by atomic mass is 16.1. The third-order valence-electron chi connectivity index (χ3n) is 1.50. The molecule has 68 valence electrons. The van der Waals surface area contributed by atoms with Crippen molar-refractivity contribution in [1.82, 2.24) is 4.98 Å². The molecule has 0 radical (unpaired) electrons. The van der Waals surface area contributed by atoms with Crippen LogP contribution in [0.2, 0.25) is 0 Å². The van der Waals surface area contributed by atoms with Crippen molar-refractivity contribution < 1.29 is 4.79 Å². The molecule has 0 bridgehead atoms. The highest BCUT2D eigenvalue weighted by molar-refractivity contribution is 5.77. The summed E-state index contributed by atoms with van der Waals surface area (Å²) in [6, 6.07) is 1.70. The lowest BCUT2D eigenvalue weighted by Crippen LogP contribution is -2.07. The first-order chi connectivity index (χ1) is 6.20. The van der Waals surface area contributed by atoms with Gasteiger partial charge in [-0.1, -0.05) is 12.2 Å². The number of amides is 1. The minimum atomic E-state index is -0.362. The molecule has 0 saturated carbocycles. The molecular weight excluding hydrogens is 166 g/mol. The fraction of sp³-hybridized carbons (Fsp3) is 0.111. The van der Waals surface area contributed by atoms with Gasteiger partial charge >= 0.3 is 0 Å². The van der Waals surface area contributed by atoms with E-state index in [-0.39, 0.29) is 12.3 Å². The average molecular weight is 177 g/mol. The largest absolute Gasteiger partial charge is 0.398 e. The van der Waals surface area contributed by atoms with E-state index in [9.17, 15) is 4.79 Å². The fourth-order valence-corrected chi connectivity index (χ4v) is 0.859. The lowest BCUT2D eigenvalue weighted by atomic mass is 10.2. The van der Waals surface area contributed by atoms with E-state index >= 15 is 0 Å². The summed E-state index contributed by atoms with van der Waals surface area (Å²) in [6.07, 6.45) is 6.85. The Kier molecular flexibility index (Phi) is 3.03. The maximum absolute atomic E-state index is 10.4. The predicted molar refractivity (Wildman–Crippen MR) is 51.5 cm³/mol. The van der Waals surface area contributed by atoms with Gasteiger partial charge in [-0.25, -0.2) is 0 Å². The van der Waals surface area contributed by atoms with Crippen molar-refractivity contribution in [2.45, 2.75) is 6.42 Å². The third kappa shape index (κ3) is 2.94. The Morgan fingerprint density at radius 3 is 3.00 bits per heavy atom. The summed E-state index contributed by atoms with van der Waals surface area (Å²) < 4.78 is 0. The Labute approximate surface area is 76.3 Å². The molecule has 4 heteroatoms. The molecule has 1 amide bonds. The molecule has 4 N–H and O–H groups in total. The van der Waals surface area contributed by atoms with Crippen molar-refractivity contribution >= 4 is 17.7 Å². The summed E-state index contributed by atoms with van der Waals surface area (Å²) in [4.78, 5) is 14.3. The normalized spacial score (nSPS) is 10.5. The van der Waals surface area contributed by atoms with Gasteiger partial charge in [0.25, 0.3) is 0 Å². The molecule has 0 aliphatic heterocycles. The Balaban J connectivity index is 2.68. The summed E-state index contributed by atoms with van der Waals surface area (Å²) in [5.41, 5.74) is 12.0. The molecule has 0 aromatic carbocycles. The third-order valence-corrected chi connectivity index (χ3v) is 1.50. The van der Waals surface area contributed by atoms with Gasteiger partial charge in [-0.2, -0.15) is 0 Å². The molecule has 0 saturated heterocycles. The van der Waals surface area contributed by atoms with Gasteiger partial charge in [0.1, 0.15) is 0 Å². The van der Waals surface area contributed by atoms with E-state index in [1.54, 1.807) is 30.6 Å². The molecule has 1 heterocycles. The lowest BCUT2D eigenvalue weighted by molar-refractivity contribution is -0.117. The van der Waals surface area contributed by atoms with Crippen molar-refractivity contribution in [2.75, 3.05) is 5.73 Å². The molecule has 0 aliphatic rings. The maximum Gasteiger partial charge on any atom is 0.221 e. The SMILES string of the molecule is NC(=O)CC=Cc1cnccc1N. The number of aromatic nitrogens is 1. The van der Waals surface area contributed by atoms with Crippen molar-refractivity contribution in [2.24, 2.45) is 5.73 Å². The first-order valence-corrected chi connectivity index (χ1v) is 3.84. The zero-order valence-corrected chi connectivity index (χ0v) is 7.10. The van der Waals surface area contributed by atoms with Crippen LogP contribution in [-0.2, 0) is 4.79 Å². The van der Waals surface area contributed by atoms with E-state index in [0.717, 1.165) is 5.56 Å². The Morgan fingerprint density at radius 2 is 2.38 bits per heavy atom. The zero-order valence-electron chi connectivity index (χ0n) is 7.10. The van der Waals surface area contributed by atoms with Crippen LogP contribution >= 0.6 is 0 Å². The molecular formula is C9H11N3O. The van der Waals surface area contributed by atoms with Crippen LogP contribution in [0.5, 0.6) is 0 Å². The van der Waals surface area contributed by atoms with E-state index in [0.29, 0.717) is 5.69 Å². The predicted octanol–water partition coefficient (Wildman–Crippen LogP) is 0.552. The quantitative estimate of drug-likeness (QED) is 0.707. The van der Waals surface area contributed by atoms with Crippen LogP contribution in [-0.4, -0.2) is 10.9 Å². The van der Waals surface area contributed by atoms with Crippen LogP contribution in [0.25, 0.3) is 6.08 Å². The second-order valence-corrected chi connectivity index (χ2v) is 2.58. The summed E-state index contributed by atoms with van der Waals surface area (Å²) in [5.74, 6) is -0.362. The number of primary amides is 1. The van der Waals surface area contributed by atoms with Crippen LogP contribution in [0.4, 0.5) is 5.69 Å². The van der Waals surface area contributed by atoms with Gasteiger partial charge in [0, 0.05) is 30.1 Å². The Hall–Kier alpha value is -1.84. The van der Waals surface area contributed by atoms with E-state index < -0.39 is 0 Å². The number of hydrogen-bond donors (Lipinski definition) is 2. The number of nitrogens with two attached hydrogens (primary N) is 2. The van der Waals surface area contributed by atoms with Gasteiger partial charge in [-0.15, -0.1) is 0 Å². The summed E-state index contributed by atoms with van der Waals surface area (Å²) >= 11 is 0. The molecule has 0 unspecified atom stereocenters. The fourth-order valence-electron chi connectivity index (χ4n) is 0.859. The highest BCUT2D eigenvalue weighted by Gasteiger charge is 1.92. The van der Waals surface area contributed by atoms with Crippen molar-refractivity contribution in [3.05, 3.63) is 30.1 Å². The number of anilines is 1. The van der Waals surface area contributed by atoms with Crippen LogP contribution in [0.15, 0.2) is 24.5 Å². The van der Waals surface area contributed by atoms with Gasteiger partial charge in [-0.05, 0) is 6.07 Å². The van der Waals surface area contributed by atoms with Gasteiger partial charge in [0.15, 0.2) is 0 Å². The molecule has 0 atom stereocenters. The van der Waals surface area contributed by atoms with Gasteiger partial charge in [-0.3, -0.25) is 9.78 Å². The Morgan fingerprint density at radius 1 is 1.62 bits per heavy atom. The van der Waals surface area contributed by atoms with Crippen LogP contribution in [0, 0.1) is 0 Å². The van der Waals surface area contributed by atoms with Gasteiger partial charge in [0.05, 0.1) is 0 Å². The van der Waals surface area contributed by atoms with Crippen LogP contribution < -0.4 is 11.5 Å². The summed E-state index contributed by atoms with van der Waals surface area (Å²) in [6.45, 7) is 0. The Bertz CT molecular complexity index is 333. The van der Waals surface area contributed by atoms with Crippen molar-refractivity contribution in [1.29, 1.82) is 0 Å². The molecule has 1 aromatic rings. The number of pyridine rings is 1. The van der Waals surface area contributed by atoms with E-state index in [4.69, 9.17) is 11.5 Å². The van der Waals surface area contributed by atoms with Crippen LogP contribution in [0.3, 0.4) is 0 Å². The number of rotatable bonds is 3. The molecule has 0 aliphatic carbocycles. The monoisotopic (exact) mass is 177 g/mol. The van der Waals surface area contributed by atoms with E-state index in [2.05, 4.69) is 4.98 Å². The highest BCUT2D eigenvalue weighted by Crippen LogP contribution is 2.10. The minimum absolute atomic E-state index is 0.217. The van der Waals surface area contributed by atoms with Crippen LogP contribution in [0.1, 0.15) is 12.0 Å². The molecule has 13 heavy (non-hydrogen) atoms. The molecule has 0 spiro atoms. The molecule has 4 nitrogen and oxygen atoms in total. The second kappa shape index (κ2) is 4.25. The number of nitrogen functional groups attached to an aromatic ring is 1.